The highest BCUT2D eigenvalue weighted by atomic mass is 32.2. The van der Waals surface area contributed by atoms with E-state index in [2.05, 4.69) is 5.32 Å². The molecule has 1 aromatic carbocycles. The van der Waals surface area contributed by atoms with Gasteiger partial charge in [-0.05, 0) is 24.5 Å². The molecule has 0 fully saturated rings. The number of hydrogen-bond acceptors (Lipinski definition) is 4. The van der Waals surface area contributed by atoms with Crippen LogP contribution in [-0.2, 0) is 26.1 Å². The van der Waals surface area contributed by atoms with Gasteiger partial charge in [-0.1, -0.05) is 24.3 Å². The zero-order valence-corrected chi connectivity index (χ0v) is 14.9. The fourth-order valence-corrected chi connectivity index (χ4v) is 2.90. The molecule has 1 amide bonds. The number of aryl methyl sites for hydroxylation is 1. The molecule has 0 aliphatic rings. The van der Waals surface area contributed by atoms with Gasteiger partial charge in [0, 0.05) is 39.8 Å². The van der Waals surface area contributed by atoms with Crippen LogP contribution < -0.4 is 5.32 Å². The minimum atomic E-state index is -3.37. The number of ether oxygens (including phenoxy) is 1. The van der Waals surface area contributed by atoms with Crippen molar-refractivity contribution in [2.24, 2.45) is 0 Å². The second-order valence-corrected chi connectivity index (χ2v) is 7.45. The first kappa shape index (κ1) is 19.6. The average Bonchev–Trinajstić information content (AvgIpc) is 2.48. The Labute approximate surface area is 138 Å². The molecule has 0 aliphatic heterocycles. The lowest BCUT2D eigenvalue weighted by atomic mass is 10.1. The molecule has 0 unspecified atom stereocenters. The lowest BCUT2D eigenvalue weighted by Crippen LogP contribution is -2.34. The van der Waals surface area contributed by atoms with Gasteiger partial charge in [-0.2, -0.15) is 4.31 Å². The number of hydrogen-bond donors (Lipinski definition) is 1. The van der Waals surface area contributed by atoms with Crippen molar-refractivity contribution in [3.63, 3.8) is 0 Å². The predicted molar refractivity (Wildman–Crippen MR) is 90.6 cm³/mol. The van der Waals surface area contributed by atoms with Gasteiger partial charge in [-0.3, -0.25) is 4.79 Å². The molecule has 0 heterocycles. The van der Waals surface area contributed by atoms with Gasteiger partial charge in [-0.15, -0.1) is 0 Å². The maximum Gasteiger partial charge on any atom is 0.221 e. The van der Waals surface area contributed by atoms with E-state index in [0.29, 0.717) is 13.2 Å². The summed E-state index contributed by atoms with van der Waals surface area (Å²) in [6.45, 7) is 3.51. The summed E-state index contributed by atoms with van der Waals surface area (Å²) in [5.41, 5.74) is 1.98. The van der Waals surface area contributed by atoms with Crippen LogP contribution in [-0.4, -0.2) is 51.7 Å². The summed E-state index contributed by atoms with van der Waals surface area (Å²) in [6, 6.07) is 7.64. The van der Waals surface area contributed by atoms with E-state index in [1.165, 1.54) is 10.6 Å². The van der Waals surface area contributed by atoms with Crippen LogP contribution in [0.2, 0.25) is 0 Å². The Morgan fingerprint density at radius 2 is 2.00 bits per heavy atom. The summed E-state index contributed by atoms with van der Waals surface area (Å²) in [4.78, 5) is 11.8. The lowest BCUT2D eigenvalue weighted by molar-refractivity contribution is -0.121. The van der Waals surface area contributed by atoms with Crippen molar-refractivity contribution in [2.75, 3.05) is 33.1 Å². The van der Waals surface area contributed by atoms with E-state index < -0.39 is 10.0 Å². The minimum absolute atomic E-state index is 0.145. The summed E-state index contributed by atoms with van der Waals surface area (Å²) >= 11 is 0. The van der Waals surface area contributed by atoms with Gasteiger partial charge >= 0.3 is 0 Å². The zero-order valence-electron chi connectivity index (χ0n) is 14.0. The fraction of sp³-hybridized carbons (Fsp3) is 0.562. The summed E-state index contributed by atoms with van der Waals surface area (Å²) in [6.07, 6.45) is 2.05. The molecule has 1 aromatic rings. The van der Waals surface area contributed by atoms with E-state index in [-0.39, 0.29) is 25.4 Å². The normalized spacial score (nSPS) is 11.7. The number of methoxy groups -OCH3 is 1. The van der Waals surface area contributed by atoms with Crippen LogP contribution in [0.15, 0.2) is 24.3 Å². The maximum absolute atomic E-state index is 11.9. The Bertz CT molecular complexity index is 602. The zero-order chi connectivity index (χ0) is 17.3. The van der Waals surface area contributed by atoms with Crippen molar-refractivity contribution in [3.8, 4) is 0 Å². The molecular weight excluding hydrogens is 316 g/mol. The Morgan fingerprint density at radius 1 is 1.30 bits per heavy atom. The third-order valence-corrected chi connectivity index (χ3v) is 4.76. The van der Waals surface area contributed by atoms with Gasteiger partial charge in [0.05, 0.1) is 6.26 Å². The molecule has 0 saturated carbocycles. The molecule has 6 nitrogen and oxygen atoms in total. The molecule has 1 rings (SSSR count). The Kier molecular flexibility index (Phi) is 8.22. The van der Waals surface area contributed by atoms with E-state index >= 15 is 0 Å². The molecular formula is C16H26N2O4S. The van der Waals surface area contributed by atoms with E-state index in [9.17, 15) is 13.2 Å². The Balaban J connectivity index is 2.56. The van der Waals surface area contributed by atoms with Crippen molar-refractivity contribution in [1.82, 2.24) is 9.62 Å². The second kappa shape index (κ2) is 9.64. The highest BCUT2D eigenvalue weighted by molar-refractivity contribution is 7.88. The Hall–Kier alpha value is -1.44. The van der Waals surface area contributed by atoms with Crippen LogP contribution in [0.5, 0.6) is 0 Å². The summed E-state index contributed by atoms with van der Waals surface area (Å²) < 4.78 is 30.1. The highest BCUT2D eigenvalue weighted by Crippen LogP contribution is 2.13. The first-order chi connectivity index (χ1) is 10.8. The van der Waals surface area contributed by atoms with Gasteiger partial charge in [0.25, 0.3) is 0 Å². The minimum Gasteiger partial charge on any atom is -0.385 e. The van der Waals surface area contributed by atoms with E-state index in [1.54, 1.807) is 7.11 Å². The summed E-state index contributed by atoms with van der Waals surface area (Å²) in [5, 5.41) is 2.76. The summed E-state index contributed by atoms with van der Waals surface area (Å²) in [7, 11) is -1.76. The first-order valence-electron chi connectivity index (χ1n) is 7.60. The van der Waals surface area contributed by atoms with Crippen LogP contribution in [0.25, 0.3) is 0 Å². The van der Waals surface area contributed by atoms with Crippen molar-refractivity contribution in [1.29, 1.82) is 0 Å². The molecule has 0 radical (unpaired) electrons. The van der Waals surface area contributed by atoms with Gasteiger partial charge < -0.3 is 10.1 Å². The van der Waals surface area contributed by atoms with Gasteiger partial charge in [-0.25, -0.2) is 8.42 Å². The van der Waals surface area contributed by atoms with Gasteiger partial charge in [0.2, 0.25) is 15.9 Å². The molecule has 0 bridgehead atoms. The largest absolute Gasteiger partial charge is 0.385 e. The third kappa shape index (κ3) is 7.58. The molecule has 0 atom stereocenters. The van der Waals surface area contributed by atoms with E-state index in [1.807, 2.05) is 31.2 Å². The standard InChI is InChI=1S/C16H26N2O4S/c1-14-7-4-5-8-15(14)13-18(23(3,20)21)11-9-16(19)17-10-6-12-22-2/h4-5,7-8H,6,9-13H2,1-3H3,(H,17,19). The van der Waals surface area contributed by atoms with Gasteiger partial charge in [0.1, 0.15) is 0 Å². The average molecular weight is 342 g/mol. The van der Waals surface area contributed by atoms with Crippen molar-refractivity contribution < 1.29 is 17.9 Å². The third-order valence-electron chi connectivity index (χ3n) is 3.51. The van der Waals surface area contributed by atoms with Crippen LogP contribution in [0.4, 0.5) is 0 Å². The van der Waals surface area contributed by atoms with Crippen LogP contribution in [0, 0.1) is 6.92 Å². The number of amides is 1. The molecule has 1 N–H and O–H groups in total. The lowest BCUT2D eigenvalue weighted by Gasteiger charge is -2.20. The number of benzene rings is 1. The topological polar surface area (TPSA) is 75.7 Å². The molecule has 130 valence electrons. The maximum atomic E-state index is 11.9. The quantitative estimate of drug-likeness (QED) is 0.650. The highest BCUT2D eigenvalue weighted by Gasteiger charge is 2.18. The molecule has 7 heteroatoms. The second-order valence-electron chi connectivity index (χ2n) is 5.47. The molecule has 0 aromatic heterocycles. The smallest absolute Gasteiger partial charge is 0.221 e. The van der Waals surface area contributed by atoms with Crippen molar-refractivity contribution in [2.45, 2.75) is 26.3 Å². The molecule has 23 heavy (non-hydrogen) atoms. The summed E-state index contributed by atoms with van der Waals surface area (Å²) in [5.74, 6) is -0.153. The van der Waals surface area contributed by atoms with Crippen LogP contribution >= 0.6 is 0 Å². The van der Waals surface area contributed by atoms with Crippen LogP contribution in [0.1, 0.15) is 24.0 Å². The number of nitrogens with zero attached hydrogens (tertiary/aromatic N) is 1. The number of carbonyl (C=O) groups excluding carboxylic acids is 1. The monoisotopic (exact) mass is 342 g/mol. The van der Waals surface area contributed by atoms with Crippen molar-refractivity contribution in [3.05, 3.63) is 35.4 Å². The Morgan fingerprint density at radius 3 is 2.61 bits per heavy atom. The van der Waals surface area contributed by atoms with E-state index in [4.69, 9.17) is 4.74 Å². The van der Waals surface area contributed by atoms with Gasteiger partial charge in [0.15, 0.2) is 0 Å². The van der Waals surface area contributed by atoms with E-state index in [0.717, 1.165) is 17.5 Å². The number of rotatable bonds is 10. The predicted octanol–water partition coefficient (Wildman–Crippen LogP) is 1.30. The fourth-order valence-electron chi connectivity index (χ4n) is 2.10. The molecule has 0 saturated heterocycles. The SMILES string of the molecule is COCCCNC(=O)CCN(Cc1ccccc1C)S(C)(=O)=O. The number of carbonyl (C=O) groups is 1. The van der Waals surface area contributed by atoms with Crippen LogP contribution in [0.3, 0.4) is 0 Å². The number of nitrogens with one attached hydrogen (secondary N) is 1. The molecule has 0 aliphatic carbocycles. The number of sulfonamides is 1. The first-order valence-corrected chi connectivity index (χ1v) is 9.44. The van der Waals surface area contributed by atoms with Crippen molar-refractivity contribution >= 4 is 15.9 Å². The molecule has 0 spiro atoms.